The van der Waals surface area contributed by atoms with Gasteiger partial charge in [0.05, 0.1) is 6.61 Å². The highest BCUT2D eigenvalue weighted by Crippen LogP contribution is 1.93. The van der Waals surface area contributed by atoms with E-state index in [1.54, 1.807) is 7.05 Å². The van der Waals surface area contributed by atoms with E-state index in [0.717, 1.165) is 13.1 Å². The molecule has 0 saturated heterocycles. The van der Waals surface area contributed by atoms with Crippen LogP contribution < -0.4 is 5.32 Å². The normalized spacial score (nSPS) is 13.1. The topological polar surface area (TPSA) is 61.8 Å². The lowest BCUT2D eigenvalue weighted by Crippen LogP contribution is -2.45. The Kier molecular flexibility index (Phi) is 8.27. The molecule has 0 heterocycles. The lowest BCUT2D eigenvalue weighted by molar-refractivity contribution is -0.139. The molecule has 15 heavy (non-hydrogen) atoms. The number of hydrogen-bond donors (Lipinski definition) is 2. The molecule has 0 aliphatic rings. The number of carboxylic acid groups (broad SMARTS) is 1. The maximum Gasteiger partial charge on any atom is 0.322 e. The van der Waals surface area contributed by atoms with Crippen LogP contribution in [0.15, 0.2) is 0 Å². The van der Waals surface area contributed by atoms with Gasteiger partial charge in [-0.1, -0.05) is 6.92 Å². The number of hydrogen-bond acceptors (Lipinski definition) is 4. The van der Waals surface area contributed by atoms with Gasteiger partial charge in [-0.3, -0.25) is 9.69 Å². The summed E-state index contributed by atoms with van der Waals surface area (Å²) in [5.74, 6) is -0.813. The van der Waals surface area contributed by atoms with E-state index in [1.165, 1.54) is 0 Å². The van der Waals surface area contributed by atoms with Gasteiger partial charge in [0.25, 0.3) is 0 Å². The van der Waals surface area contributed by atoms with Crippen LogP contribution in [0.5, 0.6) is 0 Å². The summed E-state index contributed by atoms with van der Waals surface area (Å²) in [6, 6.07) is -0.508. The molecule has 5 nitrogen and oxygen atoms in total. The van der Waals surface area contributed by atoms with Crippen LogP contribution in [-0.4, -0.2) is 61.9 Å². The number of rotatable bonds is 9. The fraction of sp³-hybridized carbons (Fsp3) is 0.900. The van der Waals surface area contributed by atoms with Gasteiger partial charge < -0.3 is 15.2 Å². The van der Waals surface area contributed by atoms with Crippen LogP contribution in [0.2, 0.25) is 0 Å². The van der Waals surface area contributed by atoms with Gasteiger partial charge in [0.1, 0.15) is 6.04 Å². The molecule has 0 spiro atoms. The van der Waals surface area contributed by atoms with Crippen LogP contribution in [-0.2, 0) is 9.53 Å². The van der Waals surface area contributed by atoms with Crippen molar-refractivity contribution < 1.29 is 14.6 Å². The van der Waals surface area contributed by atoms with Gasteiger partial charge in [0.2, 0.25) is 0 Å². The van der Waals surface area contributed by atoms with Crippen molar-refractivity contribution in [1.82, 2.24) is 10.2 Å². The van der Waals surface area contributed by atoms with Crippen LogP contribution in [0.4, 0.5) is 0 Å². The minimum atomic E-state index is -0.813. The fourth-order valence-electron chi connectivity index (χ4n) is 1.27. The highest BCUT2D eigenvalue weighted by Gasteiger charge is 2.17. The van der Waals surface area contributed by atoms with E-state index in [-0.39, 0.29) is 0 Å². The van der Waals surface area contributed by atoms with E-state index in [0.29, 0.717) is 19.8 Å². The van der Waals surface area contributed by atoms with E-state index < -0.39 is 12.0 Å². The van der Waals surface area contributed by atoms with Crippen LogP contribution >= 0.6 is 0 Å². The minimum absolute atomic E-state index is 0.508. The van der Waals surface area contributed by atoms with Gasteiger partial charge in [-0.2, -0.15) is 0 Å². The molecular formula is C10H22N2O3. The number of ether oxygens (including phenoxy) is 1. The highest BCUT2D eigenvalue weighted by atomic mass is 16.5. The summed E-state index contributed by atoms with van der Waals surface area (Å²) >= 11 is 0. The average molecular weight is 218 g/mol. The maximum absolute atomic E-state index is 10.8. The Hall–Kier alpha value is -0.650. The molecule has 0 aliphatic heterocycles. The molecule has 5 heteroatoms. The largest absolute Gasteiger partial charge is 0.480 e. The van der Waals surface area contributed by atoms with E-state index >= 15 is 0 Å². The summed E-state index contributed by atoms with van der Waals surface area (Å²) in [6.45, 7) is 7.43. The molecular weight excluding hydrogens is 196 g/mol. The number of nitrogens with zero attached hydrogens (tertiary/aromatic N) is 1. The molecule has 0 radical (unpaired) electrons. The molecule has 0 saturated carbocycles. The molecule has 1 unspecified atom stereocenters. The SMILES string of the molecule is CCOCCN(CC)CC(NC)C(=O)O. The summed E-state index contributed by atoms with van der Waals surface area (Å²) in [5, 5.41) is 11.6. The predicted octanol–water partition coefficient (Wildman–Crippen LogP) is 0.0174. The van der Waals surface area contributed by atoms with Gasteiger partial charge in [-0.25, -0.2) is 0 Å². The molecule has 0 aromatic rings. The first-order chi connectivity index (χ1) is 7.15. The predicted molar refractivity (Wildman–Crippen MR) is 59.1 cm³/mol. The first kappa shape index (κ1) is 14.3. The molecule has 0 aromatic heterocycles. The van der Waals surface area contributed by atoms with E-state index in [2.05, 4.69) is 10.2 Å². The Morgan fingerprint density at radius 3 is 2.60 bits per heavy atom. The summed E-state index contributed by atoms with van der Waals surface area (Å²) in [7, 11) is 1.66. The van der Waals surface area contributed by atoms with Gasteiger partial charge in [0.15, 0.2) is 0 Å². The first-order valence-electron chi connectivity index (χ1n) is 5.35. The Balaban J connectivity index is 3.89. The summed E-state index contributed by atoms with van der Waals surface area (Å²) < 4.78 is 5.23. The van der Waals surface area contributed by atoms with Crippen molar-refractivity contribution in [2.75, 3.05) is 39.9 Å². The minimum Gasteiger partial charge on any atom is -0.480 e. The molecule has 1 atom stereocenters. The van der Waals surface area contributed by atoms with Crippen LogP contribution in [0.1, 0.15) is 13.8 Å². The third-order valence-electron chi connectivity index (χ3n) is 2.29. The second kappa shape index (κ2) is 8.64. The van der Waals surface area contributed by atoms with Crippen LogP contribution in [0.25, 0.3) is 0 Å². The van der Waals surface area contributed by atoms with Crippen molar-refractivity contribution in [2.45, 2.75) is 19.9 Å². The van der Waals surface area contributed by atoms with Crippen LogP contribution in [0.3, 0.4) is 0 Å². The van der Waals surface area contributed by atoms with Crippen molar-refractivity contribution >= 4 is 5.97 Å². The number of likely N-dealkylation sites (N-methyl/N-ethyl adjacent to an activating group) is 2. The van der Waals surface area contributed by atoms with Gasteiger partial charge in [0, 0.05) is 19.7 Å². The molecule has 90 valence electrons. The van der Waals surface area contributed by atoms with E-state index in [4.69, 9.17) is 9.84 Å². The van der Waals surface area contributed by atoms with Crippen molar-refractivity contribution in [3.8, 4) is 0 Å². The van der Waals surface area contributed by atoms with Gasteiger partial charge in [-0.05, 0) is 20.5 Å². The summed E-state index contributed by atoms with van der Waals surface area (Å²) in [4.78, 5) is 12.9. The average Bonchev–Trinajstić information content (AvgIpc) is 2.22. The maximum atomic E-state index is 10.8. The molecule has 0 fully saturated rings. The zero-order chi connectivity index (χ0) is 11.7. The highest BCUT2D eigenvalue weighted by molar-refractivity contribution is 5.73. The van der Waals surface area contributed by atoms with Gasteiger partial charge in [-0.15, -0.1) is 0 Å². The quantitative estimate of drug-likeness (QED) is 0.534. The fourth-order valence-corrected chi connectivity index (χ4v) is 1.27. The Labute approximate surface area is 91.4 Å². The molecule has 0 bridgehead atoms. The summed E-state index contributed by atoms with van der Waals surface area (Å²) in [6.07, 6.45) is 0. The second-order valence-electron chi connectivity index (χ2n) is 3.27. The van der Waals surface area contributed by atoms with Crippen molar-refractivity contribution in [3.63, 3.8) is 0 Å². The van der Waals surface area contributed by atoms with Gasteiger partial charge >= 0.3 is 5.97 Å². The van der Waals surface area contributed by atoms with Crippen molar-refractivity contribution in [3.05, 3.63) is 0 Å². The molecule has 2 N–H and O–H groups in total. The summed E-state index contributed by atoms with van der Waals surface area (Å²) in [5.41, 5.74) is 0. The second-order valence-corrected chi connectivity index (χ2v) is 3.27. The molecule has 0 rings (SSSR count). The number of carboxylic acids is 1. The smallest absolute Gasteiger partial charge is 0.322 e. The molecule has 0 aliphatic carbocycles. The number of nitrogens with one attached hydrogen (secondary N) is 1. The lowest BCUT2D eigenvalue weighted by atomic mass is 10.2. The Bertz CT molecular complexity index is 176. The first-order valence-corrected chi connectivity index (χ1v) is 5.35. The number of carbonyl (C=O) groups is 1. The van der Waals surface area contributed by atoms with Crippen LogP contribution in [0, 0.1) is 0 Å². The monoisotopic (exact) mass is 218 g/mol. The molecule has 0 amide bonds. The van der Waals surface area contributed by atoms with Crippen molar-refractivity contribution in [1.29, 1.82) is 0 Å². The third kappa shape index (κ3) is 6.43. The van der Waals surface area contributed by atoms with E-state index in [9.17, 15) is 4.79 Å². The zero-order valence-electron chi connectivity index (χ0n) is 9.82. The Morgan fingerprint density at radius 2 is 2.20 bits per heavy atom. The standard InChI is InChI=1S/C10H22N2O3/c1-4-12(6-7-15-5-2)8-9(11-3)10(13)14/h9,11H,4-8H2,1-3H3,(H,13,14). The third-order valence-corrected chi connectivity index (χ3v) is 2.29. The zero-order valence-corrected chi connectivity index (χ0v) is 9.82. The van der Waals surface area contributed by atoms with E-state index in [1.807, 2.05) is 13.8 Å². The molecule has 0 aromatic carbocycles. The lowest BCUT2D eigenvalue weighted by Gasteiger charge is -2.23. The Morgan fingerprint density at radius 1 is 1.53 bits per heavy atom. The number of aliphatic carboxylic acids is 1. The van der Waals surface area contributed by atoms with Crippen molar-refractivity contribution in [2.24, 2.45) is 0 Å².